The van der Waals surface area contributed by atoms with E-state index in [-0.39, 0.29) is 5.56 Å². The molecule has 0 atom stereocenters. The van der Waals surface area contributed by atoms with Gasteiger partial charge in [-0.2, -0.15) is 0 Å². The van der Waals surface area contributed by atoms with Gasteiger partial charge in [-0.3, -0.25) is 9.69 Å². The van der Waals surface area contributed by atoms with Crippen LogP contribution in [0.3, 0.4) is 0 Å². The van der Waals surface area contributed by atoms with Crippen LogP contribution >= 0.6 is 0 Å². The molecule has 1 aromatic carbocycles. The third kappa shape index (κ3) is 3.06. The number of H-pyrrole nitrogens is 1. The van der Waals surface area contributed by atoms with Crippen molar-refractivity contribution < 1.29 is 0 Å². The third-order valence-corrected chi connectivity index (χ3v) is 5.38. The van der Waals surface area contributed by atoms with Crippen LogP contribution in [-0.2, 0) is 13.0 Å². The van der Waals surface area contributed by atoms with Crippen molar-refractivity contribution >= 4 is 10.9 Å². The number of aromatic amines is 1. The molecule has 0 unspecified atom stereocenters. The summed E-state index contributed by atoms with van der Waals surface area (Å²) in [7, 11) is 0. The first-order valence-corrected chi connectivity index (χ1v) is 8.89. The number of hydrogen-bond donors (Lipinski definition) is 1. The standard InChI is InChI=1S/C19H25N3O/c23-19-17-14-22(13-12-21-9-4-1-5-10-21)11-8-15(17)16-6-2-3-7-18(16)20-19/h2-3,6-7H,1,4-5,8-14H2,(H,20,23). The van der Waals surface area contributed by atoms with Gasteiger partial charge in [-0.05, 0) is 44.0 Å². The average molecular weight is 311 g/mol. The van der Waals surface area contributed by atoms with Gasteiger partial charge >= 0.3 is 0 Å². The highest BCUT2D eigenvalue weighted by Crippen LogP contribution is 2.23. The van der Waals surface area contributed by atoms with Gasteiger partial charge in [-0.15, -0.1) is 0 Å². The SMILES string of the molecule is O=c1[nH]c2ccccc2c2c1CN(CCN1CCCCC1)CC2. The van der Waals surface area contributed by atoms with E-state index < -0.39 is 0 Å². The van der Waals surface area contributed by atoms with Crippen LogP contribution in [0.4, 0.5) is 0 Å². The minimum absolute atomic E-state index is 0.0985. The molecule has 4 rings (SSSR count). The summed E-state index contributed by atoms with van der Waals surface area (Å²) in [6.45, 7) is 6.56. The van der Waals surface area contributed by atoms with Crippen molar-refractivity contribution in [2.45, 2.75) is 32.2 Å². The molecule has 2 aliphatic heterocycles. The van der Waals surface area contributed by atoms with Crippen LogP contribution in [-0.4, -0.2) is 47.5 Å². The molecule has 0 bridgehead atoms. The zero-order valence-electron chi connectivity index (χ0n) is 13.7. The van der Waals surface area contributed by atoms with Gasteiger partial charge in [-0.25, -0.2) is 0 Å². The summed E-state index contributed by atoms with van der Waals surface area (Å²) in [6.07, 6.45) is 5.05. The van der Waals surface area contributed by atoms with Crippen molar-refractivity contribution in [3.05, 3.63) is 45.7 Å². The number of aromatic nitrogens is 1. The lowest BCUT2D eigenvalue weighted by Gasteiger charge is -2.32. The Morgan fingerprint density at radius 1 is 0.913 bits per heavy atom. The summed E-state index contributed by atoms with van der Waals surface area (Å²) in [5.41, 5.74) is 3.31. The van der Waals surface area contributed by atoms with Gasteiger partial charge < -0.3 is 9.88 Å². The molecule has 3 heterocycles. The summed E-state index contributed by atoms with van der Waals surface area (Å²) in [4.78, 5) is 20.5. The number of rotatable bonds is 3. The first-order chi connectivity index (χ1) is 11.3. The number of nitrogens with zero attached hydrogens (tertiary/aromatic N) is 2. The Morgan fingerprint density at radius 3 is 2.57 bits per heavy atom. The second-order valence-corrected chi connectivity index (χ2v) is 6.89. The van der Waals surface area contributed by atoms with Crippen LogP contribution < -0.4 is 5.56 Å². The molecule has 0 amide bonds. The van der Waals surface area contributed by atoms with E-state index in [0.717, 1.165) is 43.7 Å². The molecule has 4 nitrogen and oxygen atoms in total. The number of benzene rings is 1. The van der Waals surface area contributed by atoms with Crippen LogP contribution in [0.1, 0.15) is 30.4 Å². The molecule has 1 aromatic heterocycles. The summed E-state index contributed by atoms with van der Waals surface area (Å²) in [6, 6.07) is 8.18. The fourth-order valence-corrected chi connectivity index (χ4v) is 4.03. The quantitative estimate of drug-likeness (QED) is 0.946. The van der Waals surface area contributed by atoms with Crippen LogP contribution in [0, 0.1) is 0 Å². The van der Waals surface area contributed by atoms with Gasteiger partial charge in [0.05, 0.1) is 0 Å². The number of fused-ring (bicyclic) bond motifs is 3. The predicted octanol–water partition coefficient (Wildman–Crippen LogP) is 2.37. The number of piperidine rings is 1. The summed E-state index contributed by atoms with van der Waals surface area (Å²) >= 11 is 0. The highest BCUT2D eigenvalue weighted by molar-refractivity contribution is 5.83. The van der Waals surface area contributed by atoms with E-state index in [1.54, 1.807) is 0 Å². The van der Waals surface area contributed by atoms with Crippen molar-refractivity contribution in [3.63, 3.8) is 0 Å². The van der Waals surface area contributed by atoms with E-state index in [2.05, 4.69) is 26.9 Å². The molecule has 4 heteroatoms. The first-order valence-electron chi connectivity index (χ1n) is 8.89. The molecule has 1 N–H and O–H groups in total. The van der Waals surface area contributed by atoms with E-state index in [1.165, 1.54) is 43.3 Å². The number of hydrogen-bond acceptors (Lipinski definition) is 3. The molecule has 0 saturated carbocycles. The van der Waals surface area contributed by atoms with Crippen molar-refractivity contribution in [2.24, 2.45) is 0 Å². The number of likely N-dealkylation sites (tertiary alicyclic amines) is 1. The van der Waals surface area contributed by atoms with Crippen molar-refractivity contribution in [2.75, 3.05) is 32.7 Å². The summed E-state index contributed by atoms with van der Waals surface area (Å²) in [5.74, 6) is 0. The Morgan fingerprint density at radius 2 is 1.70 bits per heavy atom. The molecule has 122 valence electrons. The van der Waals surface area contributed by atoms with E-state index in [4.69, 9.17) is 0 Å². The Hall–Kier alpha value is -1.65. The van der Waals surface area contributed by atoms with Gasteiger partial charge in [0.2, 0.25) is 0 Å². The topological polar surface area (TPSA) is 39.3 Å². The largest absolute Gasteiger partial charge is 0.322 e. The van der Waals surface area contributed by atoms with E-state index in [0.29, 0.717) is 0 Å². The zero-order valence-corrected chi connectivity index (χ0v) is 13.7. The molecule has 0 aliphatic carbocycles. The van der Waals surface area contributed by atoms with Gasteiger partial charge in [-0.1, -0.05) is 24.6 Å². The smallest absolute Gasteiger partial charge is 0.253 e. The normalized spacial score (nSPS) is 19.8. The number of para-hydroxylation sites is 1. The highest BCUT2D eigenvalue weighted by Gasteiger charge is 2.21. The second-order valence-electron chi connectivity index (χ2n) is 6.89. The monoisotopic (exact) mass is 311 g/mol. The number of pyridine rings is 1. The van der Waals surface area contributed by atoms with Gasteiger partial charge in [0.25, 0.3) is 5.56 Å². The lowest BCUT2D eigenvalue weighted by molar-refractivity contribution is 0.173. The Bertz CT molecular complexity index is 746. The molecule has 1 saturated heterocycles. The highest BCUT2D eigenvalue weighted by atomic mass is 16.1. The molecule has 23 heavy (non-hydrogen) atoms. The fraction of sp³-hybridized carbons (Fsp3) is 0.526. The summed E-state index contributed by atoms with van der Waals surface area (Å²) < 4.78 is 0. The van der Waals surface area contributed by atoms with Crippen LogP contribution in [0.2, 0.25) is 0 Å². The minimum atomic E-state index is 0.0985. The zero-order chi connectivity index (χ0) is 15.6. The third-order valence-electron chi connectivity index (χ3n) is 5.38. The van der Waals surface area contributed by atoms with Crippen LogP contribution in [0.15, 0.2) is 29.1 Å². The molecule has 1 fully saturated rings. The minimum Gasteiger partial charge on any atom is -0.322 e. The molecule has 2 aromatic rings. The van der Waals surface area contributed by atoms with Gasteiger partial charge in [0, 0.05) is 42.6 Å². The Balaban J connectivity index is 1.50. The van der Waals surface area contributed by atoms with E-state index >= 15 is 0 Å². The Labute approximate surface area is 137 Å². The maximum Gasteiger partial charge on any atom is 0.253 e. The fourth-order valence-electron chi connectivity index (χ4n) is 4.03. The van der Waals surface area contributed by atoms with Gasteiger partial charge in [0.1, 0.15) is 0 Å². The summed E-state index contributed by atoms with van der Waals surface area (Å²) in [5, 5.41) is 1.22. The van der Waals surface area contributed by atoms with Gasteiger partial charge in [0.15, 0.2) is 0 Å². The average Bonchev–Trinajstić information content (AvgIpc) is 2.61. The first kappa shape index (κ1) is 14.9. The second kappa shape index (κ2) is 6.46. The molecule has 2 aliphatic rings. The predicted molar refractivity (Wildman–Crippen MR) is 93.8 cm³/mol. The maximum absolute atomic E-state index is 12.4. The van der Waals surface area contributed by atoms with Crippen LogP contribution in [0.25, 0.3) is 10.9 Å². The maximum atomic E-state index is 12.4. The Kier molecular flexibility index (Phi) is 4.19. The van der Waals surface area contributed by atoms with Crippen molar-refractivity contribution in [1.82, 2.24) is 14.8 Å². The van der Waals surface area contributed by atoms with Crippen molar-refractivity contribution in [3.8, 4) is 0 Å². The lowest BCUT2D eigenvalue weighted by Crippen LogP contribution is -2.41. The molecule has 0 spiro atoms. The molecular formula is C19H25N3O. The number of nitrogens with one attached hydrogen (secondary N) is 1. The van der Waals surface area contributed by atoms with E-state index in [1.807, 2.05) is 12.1 Å². The molecular weight excluding hydrogens is 286 g/mol. The lowest BCUT2D eigenvalue weighted by atomic mass is 9.96. The van der Waals surface area contributed by atoms with Crippen molar-refractivity contribution in [1.29, 1.82) is 0 Å². The van der Waals surface area contributed by atoms with E-state index in [9.17, 15) is 4.79 Å². The van der Waals surface area contributed by atoms with Crippen LogP contribution in [0.5, 0.6) is 0 Å². The molecule has 0 radical (unpaired) electrons.